The number of hydrogen-bond acceptors (Lipinski definition) is 5. The molecule has 2 aromatic rings. The van der Waals surface area contributed by atoms with Gasteiger partial charge in [-0.15, -0.1) is 24.0 Å². The zero-order valence-electron chi connectivity index (χ0n) is 17.5. The van der Waals surface area contributed by atoms with Crippen LogP contribution in [0.4, 0.5) is 0 Å². The number of likely N-dealkylation sites (tertiary alicyclic amines) is 1. The summed E-state index contributed by atoms with van der Waals surface area (Å²) < 4.78 is 28.9. The summed E-state index contributed by atoms with van der Waals surface area (Å²) in [5, 5.41) is 6.71. The summed E-state index contributed by atoms with van der Waals surface area (Å²) in [6, 6.07) is 11.0. The predicted molar refractivity (Wildman–Crippen MR) is 130 cm³/mol. The average molecular weight is 546 g/mol. The molecule has 0 radical (unpaired) electrons. The second-order valence-corrected chi connectivity index (χ2v) is 9.28. The summed E-state index contributed by atoms with van der Waals surface area (Å²) in [6.07, 6.45) is 5.37. The number of furan rings is 1. The molecule has 7 nitrogen and oxygen atoms in total. The molecule has 1 aliphatic heterocycles. The van der Waals surface area contributed by atoms with E-state index >= 15 is 0 Å². The third-order valence-electron chi connectivity index (χ3n) is 5.03. The van der Waals surface area contributed by atoms with Gasteiger partial charge in [0.15, 0.2) is 15.8 Å². The smallest absolute Gasteiger partial charge is 0.191 e. The SMILES string of the molecule is CCNC(=NCc1ccc(S(C)(=O)=O)cc1)NCC(c1ccco1)N1CCCC1.I. The number of guanidine groups is 1. The normalized spacial score (nSPS) is 16.1. The molecular weight excluding hydrogens is 515 g/mol. The van der Waals surface area contributed by atoms with Gasteiger partial charge in [-0.1, -0.05) is 12.1 Å². The van der Waals surface area contributed by atoms with Crippen molar-refractivity contribution in [3.8, 4) is 0 Å². The third kappa shape index (κ3) is 6.98. The zero-order chi connectivity index (χ0) is 20.7. The highest BCUT2D eigenvalue weighted by Crippen LogP contribution is 2.24. The van der Waals surface area contributed by atoms with E-state index in [1.807, 2.05) is 19.1 Å². The molecule has 2 N–H and O–H groups in total. The van der Waals surface area contributed by atoms with E-state index in [-0.39, 0.29) is 30.0 Å². The third-order valence-corrected chi connectivity index (χ3v) is 6.16. The number of halogens is 1. The van der Waals surface area contributed by atoms with E-state index in [2.05, 4.69) is 20.5 Å². The van der Waals surface area contributed by atoms with Crippen LogP contribution >= 0.6 is 24.0 Å². The first-order valence-corrected chi connectivity index (χ1v) is 11.9. The van der Waals surface area contributed by atoms with Gasteiger partial charge >= 0.3 is 0 Å². The molecule has 2 heterocycles. The molecule has 1 atom stereocenters. The number of nitrogens with one attached hydrogen (secondary N) is 2. The van der Waals surface area contributed by atoms with Crippen molar-refractivity contribution in [3.63, 3.8) is 0 Å². The lowest BCUT2D eigenvalue weighted by atomic mass is 10.2. The number of rotatable bonds is 8. The van der Waals surface area contributed by atoms with Crippen LogP contribution in [0, 0.1) is 0 Å². The summed E-state index contributed by atoms with van der Waals surface area (Å²) in [5.74, 6) is 1.70. The van der Waals surface area contributed by atoms with Crippen LogP contribution in [-0.2, 0) is 16.4 Å². The van der Waals surface area contributed by atoms with Gasteiger partial charge < -0.3 is 15.1 Å². The lowest BCUT2D eigenvalue weighted by Gasteiger charge is -2.26. The largest absolute Gasteiger partial charge is 0.468 e. The van der Waals surface area contributed by atoms with Gasteiger partial charge in [-0.05, 0) is 62.7 Å². The Bertz CT molecular complexity index is 893. The summed E-state index contributed by atoms with van der Waals surface area (Å²) >= 11 is 0. The Hall–Kier alpha value is -1.59. The summed E-state index contributed by atoms with van der Waals surface area (Å²) in [4.78, 5) is 7.42. The second kappa shape index (κ2) is 11.7. The van der Waals surface area contributed by atoms with Gasteiger partial charge in [-0.25, -0.2) is 13.4 Å². The molecule has 1 aromatic heterocycles. The fraction of sp³-hybridized carbons (Fsp3) is 0.476. The summed E-state index contributed by atoms with van der Waals surface area (Å²) in [7, 11) is -3.18. The van der Waals surface area contributed by atoms with Gasteiger partial charge in [0.05, 0.1) is 23.7 Å². The van der Waals surface area contributed by atoms with Gasteiger partial charge in [0.1, 0.15) is 5.76 Å². The first-order chi connectivity index (χ1) is 14.0. The van der Waals surface area contributed by atoms with Gasteiger partial charge in [0, 0.05) is 19.3 Å². The Morgan fingerprint density at radius 2 is 1.87 bits per heavy atom. The van der Waals surface area contributed by atoms with E-state index in [4.69, 9.17) is 4.42 Å². The lowest BCUT2D eigenvalue weighted by Crippen LogP contribution is -2.42. The maximum absolute atomic E-state index is 11.6. The minimum atomic E-state index is -3.18. The zero-order valence-corrected chi connectivity index (χ0v) is 20.7. The highest BCUT2D eigenvalue weighted by Gasteiger charge is 2.25. The standard InChI is InChI=1S/C21H30N4O3S.HI/c1-3-22-21(23-15-17-8-10-18(11-9-17)29(2,26)27)24-16-19(20-7-6-14-28-20)25-12-4-5-13-25;/h6-11,14,19H,3-5,12-13,15-16H2,1-2H3,(H2,22,23,24);1H. The molecule has 0 saturated carbocycles. The molecule has 1 unspecified atom stereocenters. The minimum Gasteiger partial charge on any atom is -0.468 e. The van der Waals surface area contributed by atoms with E-state index < -0.39 is 9.84 Å². The number of sulfone groups is 1. The summed E-state index contributed by atoms with van der Waals surface area (Å²) in [6.45, 7) is 6.11. The number of hydrogen-bond donors (Lipinski definition) is 2. The molecule has 1 fully saturated rings. The minimum absolute atomic E-state index is 0. The second-order valence-electron chi connectivity index (χ2n) is 7.27. The van der Waals surface area contributed by atoms with Crippen LogP contribution in [-0.4, -0.2) is 51.7 Å². The van der Waals surface area contributed by atoms with Crippen LogP contribution in [0.1, 0.15) is 37.1 Å². The fourth-order valence-electron chi connectivity index (χ4n) is 3.49. The highest BCUT2D eigenvalue weighted by atomic mass is 127. The molecular formula is C21H31IN4O3S. The van der Waals surface area contributed by atoms with E-state index in [0.717, 1.165) is 36.9 Å². The first kappa shape index (κ1) is 24.7. The van der Waals surface area contributed by atoms with Crippen molar-refractivity contribution in [2.24, 2.45) is 4.99 Å². The first-order valence-electron chi connectivity index (χ1n) is 10.1. The predicted octanol–water partition coefficient (Wildman–Crippen LogP) is 3.19. The van der Waals surface area contributed by atoms with E-state index in [1.54, 1.807) is 30.5 Å². The van der Waals surface area contributed by atoms with Crippen molar-refractivity contribution in [1.29, 1.82) is 0 Å². The molecule has 9 heteroatoms. The van der Waals surface area contributed by atoms with Crippen molar-refractivity contribution in [3.05, 3.63) is 54.0 Å². The molecule has 166 valence electrons. The van der Waals surface area contributed by atoms with Gasteiger partial charge in [0.25, 0.3) is 0 Å². The van der Waals surface area contributed by atoms with Crippen LogP contribution in [0.3, 0.4) is 0 Å². The van der Waals surface area contributed by atoms with Crippen molar-refractivity contribution in [2.75, 3.05) is 32.4 Å². The van der Waals surface area contributed by atoms with Crippen LogP contribution < -0.4 is 10.6 Å². The van der Waals surface area contributed by atoms with Crippen molar-refractivity contribution in [2.45, 2.75) is 37.2 Å². The number of aliphatic imine (C=N–C) groups is 1. The Labute approximate surface area is 196 Å². The van der Waals surface area contributed by atoms with Crippen LogP contribution in [0.15, 0.2) is 57.0 Å². The van der Waals surface area contributed by atoms with E-state index in [0.29, 0.717) is 18.0 Å². The van der Waals surface area contributed by atoms with Crippen molar-refractivity contribution >= 4 is 39.8 Å². The maximum Gasteiger partial charge on any atom is 0.191 e. The van der Waals surface area contributed by atoms with Crippen LogP contribution in [0.2, 0.25) is 0 Å². The number of benzene rings is 1. The topological polar surface area (TPSA) is 86.9 Å². The molecule has 1 aromatic carbocycles. The average Bonchev–Trinajstić information content (AvgIpc) is 3.40. The molecule has 30 heavy (non-hydrogen) atoms. The van der Waals surface area contributed by atoms with Crippen molar-refractivity contribution in [1.82, 2.24) is 15.5 Å². The Balaban J connectivity index is 0.00000320. The molecule has 1 aliphatic rings. The van der Waals surface area contributed by atoms with Gasteiger partial charge in [-0.3, -0.25) is 4.90 Å². The Kier molecular flexibility index (Phi) is 9.63. The van der Waals surface area contributed by atoms with E-state index in [9.17, 15) is 8.42 Å². The Morgan fingerprint density at radius 1 is 1.17 bits per heavy atom. The quantitative estimate of drug-likeness (QED) is 0.301. The molecule has 1 saturated heterocycles. The monoisotopic (exact) mass is 546 g/mol. The summed E-state index contributed by atoms with van der Waals surface area (Å²) in [5.41, 5.74) is 0.955. The lowest BCUT2D eigenvalue weighted by molar-refractivity contribution is 0.215. The molecule has 3 rings (SSSR count). The number of nitrogens with zero attached hydrogens (tertiary/aromatic N) is 2. The van der Waals surface area contributed by atoms with Gasteiger partial charge in [-0.2, -0.15) is 0 Å². The van der Waals surface area contributed by atoms with E-state index in [1.165, 1.54) is 19.1 Å². The molecule has 0 spiro atoms. The van der Waals surface area contributed by atoms with Crippen LogP contribution in [0.5, 0.6) is 0 Å². The van der Waals surface area contributed by atoms with Gasteiger partial charge in [0.2, 0.25) is 0 Å². The van der Waals surface area contributed by atoms with Crippen LogP contribution in [0.25, 0.3) is 0 Å². The molecule has 0 aliphatic carbocycles. The van der Waals surface area contributed by atoms with Crippen molar-refractivity contribution < 1.29 is 12.8 Å². The maximum atomic E-state index is 11.6. The fourth-order valence-corrected chi connectivity index (χ4v) is 4.12. The molecule has 0 amide bonds. The Morgan fingerprint density at radius 3 is 2.43 bits per heavy atom. The molecule has 0 bridgehead atoms. The highest BCUT2D eigenvalue weighted by molar-refractivity contribution is 14.0.